The molecular formula is C31H25N5O10. The number of amides is 4. The minimum atomic E-state index is -1.10. The maximum Gasteiger partial charge on any atom is 0.308 e. The van der Waals surface area contributed by atoms with E-state index in [4.69, 9.17) is 24.4 Å². The van der Waals surface area contributed by atoms with Gasteiger partial charge in [0, 0.05) is 19.3 Å². The molecule has 0 aliphatic carbocycles. The zero-order valence-corrected chi connectivity index (χ0v) is 24.0. The van der Waals surface area contributed by atoms with E-state index >= 15 is 0 Å². The summed E-state index contributed by atoms with van der Waals surface area (Å²) in [6.07, 6.45) is -2.87. The number of aromatic nitrogens is 2. The normalized spacial score (nSPS) is 22.3. The molecule has 0 bridgehead atoms. The van der Waals surface area contributed by atoms with Crippen molar-refractivity contribution in [3.05, 3.63) is 88.5 Å². The molecule has 15 heteroatoms. The second kappa shape index (κ2) is 11.3. The Morgan fingerprint density at radius 1 is 0.783 bits per heavy atom. The Hall–Kier alpha value is -5.70. The van der Waals surface area contributed by atoms with Gasteiger partial charge in [-0.2, -0.15) is 4.98 Å². The van der Waals surface area contributed by atoms with E-state index < -0.39 is 60.1 Å². The first-order chi connectivity index (χ1) is 22.2. The van der Waals surface area contributed by atoms with Crippen LogP contribution >= 0.6 is 0 Å². The number of carbonyl (C=O) groups is 6. The molecule has 1 fully saturated rings. The third-order valence-corrected chi connectivity index (χ3v) is 8.14. The number of hydrogen-bond acceptors (Lipinski definition) is 12. The van der Waals surface area contributed by atoms with Crippen LogP contribution in [0.25, 0.3) is 0 Å². The van der Waals surface area contributed by atoms with Crippen molar-refractivity contribution in [1.82, 2.24) is 19.4 Å². The molecule has 5 heterocycles. The number of esters is 2. The van der Waals surface area contributed by atoms with Crippen molar-refractivity contribution in [2.75, 3.05) is 19.7 Å². The number of benzene rings is 2. The van der Waals surface area contributed by atoms with E-state index in [1.807, 2.05) is 0 Å². The zero-order valence-electron chi connectivity index (χ0n) is 24.0. The van der Waals surface area contributed by atoms with Crippen molar-refractivity contribution in [2.45, 2.75) is 37.4 Å². The highest BCUT2D eigenvalue weighted by Crippen LogP contribution is 2.40. The molecule has 2 aromatic carbocycles. The van der Waals surface area contributed by atoms with Crippen LogP contribution in [0.4, 0.5) is 0 Å². The van der Waals surface area contributed by atoms with E-state index in [1.54, 1.807) is 48.5 Å². The lowest BCUT2D eigenvalue weighted by molar-refractivity contribution is -0.160. The summed E-state index contributed by atoms with van der Waals surface area (Å²) < 4.78 is 24.6. The second-order valence-corrected chi connectivity index (χ2v) is 10.9. The molecule has 0 spiro atoms. The van der Waals surface area contributed by atoms with E-state index in [9.17, 15) is 28.8 Å². The van der Waals surface area contributed by atoms with E-state index in [0.29, 0.717) is 0 Å². The molecule has 234 valence electrons. The van der Waals surface area contributed by atoms with Crippen molar-refractivity contribution in [3.63, 3.8) is 0 Å². The van der Waals surface area contributed by atoms with Crippen molar-refractivity contribution >= 4 is 35.6 Å². The van der Waals surface area contributed by atoms with Gasteiger partial charge in [-0.3, -0.25) is 48.5 Å². The van der Waals surface area contributed by atoms with Crippen molar-refractivity contribution in [3.8, 4) is 6.01 Å². The van der Waals surface area contributed by atoms with Crippen LogP contribution in [0.15, 0.2) is 60.8 Å². The standard InChI is InChI=1S/C31H25N5O10/c32-21-9-12-36-30-25(46-31(36)33-21)24(45-23(38)11-14-35-28(41)18-7-3-4-8-19(18)29(35)42)20(44-30)15-43-22(37)10-13-34-26(39)16-5-1-2-6-17(16)27(34)40/h1-9,12,20,24-25,30,32H,10-11,13-15H2/t20-,24-,25-,30-/m1/s1. The van der Waals surface area contributed by atoms with E-state index in [-0.39, 0.29) is 66.3 Å². The molecular weight excluding hydrogens is 602 g/mol. The first-order valence-electron chi connectivity index (χ1n) is 14.4. The van der Waals surface area contributed by atoms with Crippen LogP contribution in [0, 0.1) is 5.41 Å². The quantitative estimate of drug-likeness (QED) is 0.262. The number of fused-ring (bicyclic) bond motifs is 5. The Morgan fingerprint density at radius 3 is 1.85 bits per heavy atom. The third kappa shape index (κ3) is 4.90. The van der Waals surface area contributed by atoms with Gasteiger partial charge in [0.15, 0.2) is 23.9 Å². The van der Waals surface area contributed by atoms with Gasteiger partial charge in [-0.25, -0.2) is 0 Å². The minimum Gasteiger partial charge on any atom is -0.463 e. The lowest BCUT2D eigenvalue weighted by Crippen LogP contribution is -2.41. The lowest BCUT2D eigenvalue weighted by Gasteiger charge is -2.22. The summed E-state index contributed by atoms with van der Waals surface area (Å²) in [5.74, 6) is -3.48. The summed E-state index contributed by atoms with van der Waals surface area (Å²) in [5, 5.41) is 7.78. The van der Waals surface area contributed by atoms with Gasteiger partial charge >= 0.3 is 17.9 Å². The van der Waals surface area contributed by atoms with Crippen molar-refractivity contribution in [1.29, 1.82) is 5.41 Å². The van der Waals surface area contributed by atoms with Gasteiger partial charge in [-0.1, -0.05) is 24.3 Å². The molecule has 4 atom stereocenters. The summed E-state index contributed by atoms with van der Waals surface area (Å²) >= 11 is 0. The number of nitrogens with one attached hydrogen (secondary N) is 1. The Bertz CT molecular complexity index is 1820. The number of ether oxygens (including phenoxy) is 4. The SMILES string of the molecule is N=c1ccn2c(n1)O[C@@H]1[C@H](OC(=O)CCN3C(=O)c4ccccc4C3=O)[C@@H](COC(=O)CCN3C(=O)c4ccccc4C3=O)O[C@H]12. The van der Waals surface area contributed by atoms with E-state index in [1.165, 1.54) is 16.8 Å². The van der Waals surface area contributed by atoms with Crippen molar-refractivity contribution in [2.24, 2.45) is 0 Å². The molecule has 0 radical (unpaired) electrons. The van der Waals surface area contributed by atoms with Crippen LogP contribution in [0.3, 0.4) is 0 Å². The second-order valence-electron chi connectivity index (χ2n) is 10.9. The van der Waals surface area contributed by atoms with E-state index in [0.717, 1.165) is 9.80 Å². The molecule has 0 saturated carbocycles. The Morgan fingerprint density at radius 2 is 1.30 bits per heavy atom. The highest BCUT2D eigenvalue weighted by Gasteiger charge is 2.54. The largest absolute Gasteiger partial charge is 0.463 e. The average molecular weight is 628 g/mol. The Labute approximate surface area is 259 Å². The lowest BCUT2D eigenvalue weighted by atomic mass is 10.1. The van der Waals surface area contributed by atoms with Gasteiger partial charge in [0.05, 0.1) is 35.1 Å². The molecule has 7 rings (SSSR count). The van der Waals surface area contributed by atoms with Gasteiger partial charge in [0.2, 0.25) is 0 Å². The topological polar surface area (TPSA) is 187 Å². The highest BCUT2D eigenvalue weighted by atomic mass is 16.7. The molecule has 46 heavy (non-hydrogen) atoms. The number of carbonyl (C=O) groups excluding carboxylic acids is 6. The van der Waals surface area contributed by atoms with Gasteiger partial charge in [0.1, 0.15) is 12.7 Å². The number of hydrogen-bond donors (Lipinski definition) is 1. The Balaban J connectivity index is 0.991. The maximum atomic E-state index is 13.0. The molecule has 0 unspecified atom stereocenters. The number of nitrogens with zero attached hydrogens (tertiary/aromatic N) is 4. The minimum absolute atomic E-state index is 0.0516. The number of rotatable bonds is 9. The predicted octanol–water partition coefficient (Wildman–Crippen LogP) is 0.849. The molecule has 3 aromatic rings. The van der Waals surface area contributed by atoms with Crippen LogP contribution in [0.1, 0.15) is 60.5 Å². The molecule has 1 aromatic heterocycles. The average Bonchev–Trinajstić information content (AvgIpc) is 3.72. The van der Waals surface area contributed by atoms with Gasteiger partial charge < -0.3 is 18.9 Å². The summed E-state index contributed by atoms with van der Waals surface area (Å²) in [4.78, 5) is 82.3. The van der Waals surface area contributed by atoms with Crippen LogP contribution in [-0.2, 0) is 23.8 Å². The summed E-state index contributed by atoms with van der Waals surface area (Å²) in [6, 6.07) is 14.3. The summed E-state index contributed by atoms with van der Waals surface area (Å²) in [6.45, 7) is -0.761. The molecule has 4 aliphatic heterocycles. The van der Waals surface area contributed by atoms with Crippen LogP contribution in [-0.4, -0.2) is 92.9 Å². The van der Waals surface area contributed by atoms with Crippen LogP contribution in [0.2, 0.25) is 0 Å². The monoisotopic (exact) mass is 627 g/mol. The molecule has 4 aliphatic rings. The van der Waals surface area contributed by atoms with Gasteiger partial charge in [-0.15, -0.1) is 0 Å². The number of imide groups is 2. The smallest absolute Gasteiger partial charge is 0.308 e. The van der Waals surface area contributed by atoms with E-state index in [2.05, 4.69) is 4.98 Å². The van der Waals surface area contributed by atoms with Crippen molar-refractivity contribution < 1.29 is 47.7 Å². The summed E-state index contributed by atoms with van der Waals surface area (Å²) in [5.41, 5.74) is 0.999. The van der Waals surface area contributed by atoms with Crippen LogP contribution < -0.4 is 10.2 Å². The maximum absolute atomic E-state index is 13.0. The molecule has 1 N–H and O–H groups in total. The zero-order chi connectivity index (χ0) is 32.1. The first-order valence-corrected chi connectivity index (χ1v) is 14.4. The predicted molar refractivity (Wildman–Crippen MR) is 150 cm³/mol. The Kier molecular flexibility index (Phi) is 7.16. The fraction of sp³-hybridized carbons (Fsp3) is 0.290. The molecule has 4 amide bonds. The third-order valence-electron chi connectivity index (χ3n) is 8.14. The molecule has 15 nitrogen and oxygen atoms in total. The fourth-order valence-corrected chi connectivity index (χ4v) is 5.90. The molecule has 1 saturated heterocycles. The highest BCUT2D eigenvalue weighted by molar-refractivity contribution is 6.22. The van der Waals surface area contributed by atoms with Gasteiger partial charge in [0.25, 0.3) is 23.6 Å². The van der Waals surface area contributed by atoms with Crippen LogP contribution in [0.5, 0.6) is 6.01 Å². The van der Waals surface area contributed by atoms with Gasteiger partial charge in [-0.05, 0) is 30.3 Å². The summed E-state index contributed by atoms with van der Waals surface area (Å²) in [7, 11) is 0. The fourth-order valence-electron chi connectivity index (χ4n) is 5.90. The first kappa shape index (κ1) is 29.0.